The Morgan fingerprint density at radius 1 is 1.15 bits per heavy atom. The first-order chi connectivity index (χ1) is 9.56. The molecule has 0 saturated heterocycles. The van der Waals surface area contributed by atoms with Crippen molar-refractivity contribution >= 4 is 34.8 Å². The number of hydrogen-bond acceptors (Lipinski definition) is 1. The largest absolute Gasteiger partial charge is 0.315 e. The number of nitrogens with zero attached hydrogens (tertiary/aromatic N) is 1. The van der Waals surface area contributed by atoms with Crippen molar-refractivity contribution in [3.8, 4) is 0 Å². The molecule has 0 N–H and O–H groups in total. The van der Waals surface area contributed by atoms with E-state index in [2.05, 4.69) is 0 Å². The lowest BCUT2D eigenvalue weighted by molar-refractivity contribution is -0.117. The van der Waals surface area contributed by atoms with Crippen LogP contribution in [0.5, 0.6) is 0 Å². The Hall–Kier alpha value is -1.51. The Kier molecular flexibility index (Phi) is 3.45. The SMILES string of the molecule is CN1C(=O)Cc2cc(C(Cl)c3cccc(Cl)c3)ccc21. The molecule has 1 aliphatic rings. The number of alkyl halides is 1. The van der Waals surface area contributed by atoms with E-state index in [1.54, 1.807) is 11.9 Å². The second kappa shape index (κ2) is 5.12. The average molecular weight is 306 g/mol. The maximum Gasteiger partial charge on any atom is 0.231 e. The average Bonchev–Trinajstić information content (AvgIpc) is 2.73. The fourth-order valence-corrected chi connectivity index (χ4v) is 2.97. The van der Waals surface area contributed by atoms with Gasteiger partial charge in [0.05, 0.1) is 11.8 Å². The Morgan fingerprint density at radius 3 is 2.65 bits per heavy atom. The molecular formula is C16H13Cl2NO. The van der Waals surface area contributed by atoms with Crippen LogP contribution in [0.4, 0.5) is 5.69 Å². The van der Waals surface area contributed by atoms with E-state index in [1.165, 1.54) is 0 Å². The number of fused-ring (bicyclic) bond motifs is 1. The van der Waals surface area contributed by atoms with Crippen molar-refractivity contribution in [3.63, 3.8) is 0 Å². The van der Waals surface area contributed by atoms with Gasteiger partial charge < -0.3 is 4.90 Å². The molecular weight excluding hydrogens is 293 g/mol. The van der Waals surface area contributed by atoms with E-state index in [9.17, 15) is 4.79 Å². The van der Waals surface area contributed by atoms with E-state index in [-0.39, 0.29) is 11.3 Å². The summed E-state index contributed by atoms with van der Waals surface area (Å²) < 4.78 is 0. The Balaban J connectivity index is 1.96. The monoisotopic (exact) mass is 305 g/mol. The van der Waals surface area contributed by atoms with E-state index < -0.39 is 0 Å². The molecule has 1 atom stereocenters. The minimum Gasteiger partial charge on any atom is -0.315 e. The summed E-state index contributed by atoms with van der Waals surface area (Å²) in [6.45, 7) is 0. The molecule has 0 aliphatic carbocycles. The first-order valence-electron chi connectivity index (χ1n) is 6.35. The van der Waals surface area contributed by atoms with Crippen molar-refractivity contribution in [2.75, 3.05) is 11.9 Å². The second-order valence-electron chi connectivity index (χ2n) is 4.94. The molecule has 2 aromatic carbocycles. The Labute approximate surface area is 127 Å². The van der Waals surface area contributed by atoms with Gasteiger partial charge in [-0.1, -0.05) is 35.9 Å². The number of likely N-dealkylation sites (N-methyl/N-ethyl adjacent to an activating group) is 1. The van der Waals surface area contributed by atoms with E-state index in [0.717, 1.165) is 22.4 Å². The number of hydrogen-bond donors (Lipinski definition) is 0. The molecule has 102 valence electrons. The molecule has 0 saturated carbocycles. The molecule has 4 heteroatoms. The van der Waals surface area contributed by atoms with Crippen LogP contribution >= 0.6 is 23.2 Å². The van der Waals surface area contributed by atoms with Gasteiger partial charge in [0.2, 0.25) is 5.91 Å². The van der Waals surface area contributed by atoms with E-state index >= 15 is 0 Å². The lowest BCUT2D eigenvalue weighted by atomic mass is 10.0. The molecule has 0 radical (unpaired) electrons. The van der Waals surface area contributed by atoms with Gasteiger partial charge in [0, 0.05) is 17.8 Å². The maximum atomic E-state index is 11.7. The number of rotatable bonds is 2. The molecule has 2 nitrogen and oxygen atoms in total. The van der Waals surface area contributed by atoms with Gasteiger partial charge >= 0.3 is 0 Å². The summed E-state index contributed by atoms with van der Waals surface area (Å²) in [6, 6.07) is 13.5. The van der Waals surface area contributed by atoms with Crippen LogP contribution in [0.1, 0.15) is 22.1 Å². The lowest BCUT2D eigenvalue weighted by Crippen LogP contribution is -2.20. The van der Waals surface area contributed by atoms with Gasteiger partial charge in [-0.3, -0.25) is 4.79 Å². The standard InChI is InChI=1S/C16H13Cl2NO/c1-19-14-6-5-11(7-12(14)9-15(19)20)16(18)10-3-2-4-13(17)8-10/h2-8,16H,9H2,1H3. The molecule has 1 unspecified atom stereocenters. The molecule has 0 bridgehead atoms. The third-order valence-corrected chi connectivity index (χ3v) is 4.35. The van der Waals surface area contributed by atoms with Crippen LogP contribution in [-0.2, 0) is 11.2 Å². The minimum atomic E-state index is -0.264. The van der Waals surface area contributed by atoms with Crippen LogP contribution in [0.25, 0.3) is 0 Å². The van der Waals surface area contributed by atoms with Crippen LogP contribution in [0, 0.1) is 0 Å². The van der Waals surface area contributed by atoms with Gasteiger partial charge in [-0.05, 0) is 34.9 Å². The van der Waals surface area contributed by atoms with Crippen molar-refractivity contribution in [2.24, 2.45) is 0 Å². The van der Waals surface area contributed by atoms with Crippen molar-refractivity contribution in [1.82, 2.24) is 0 Å². The number of carbonyl (C=O) groups excluding carboxylic acids is 1. The Morgan fingerprint density at radius 2 is 1.90 bits per heavy atom. The van der Waals surface area contributed by atoms with Crippen LogP contribution in [-0.4, -0.2) is 13.0 Å². The molecule has 0 spiro atoms. The molecule has 20 heavy (non-hydrogen) atoms. The first kappa shape index (κ1) is 13.5. The molecule has 1 aliphatic heterocycles. The summed E-state index contributed by atoms with van der Waals surface area (Å²) in [5, 5.41) is 0.407. The fourth-order valence-electron chi connectivity index (χ4n) is 2.50. The van der Waals surface area contributed by atoms with Crippen molar-refractivity contribution in [1.29, 1.82) is 0 Å². The lowest BCUT2D eigenvalue weighted by Gasteiger charge is -2.14. The van der Waals surface area contributed by atoms with Crippen LogP contribution in [0.3, 0.4) is 0 Å². The molecule has 0 fully saturated rings. The summed E-state index contributed by atoms with van der Waals surface area (Å²) in [5.74, 6) is 0.117. The first-order valence-corrected chi connectivity index (χ1v) is 7.16. The summed E-state index contributed by atoms with van der Waals surface area (Å²) >= 11 is 12.5. The van der Waals surface area contributed by atoms with E-state index in [1.807, 2.05) is 42.5 Å². The predicted molar refractivity (Wildman–Crippen MR) is 82.7 cm³/mol. The van der Waals surface area contributed by atoms with Gasteiger partial charge in [0.1, 0.15) is 0 Å². The highest BCUT2D eigenvalue weighted by atomic mass is 35.5. The van der Waals surface area contributed by atoms with Gasteiger partial charge in [-0.25, -0.2) is 0 Å². The van der Waals surface area contributed by atoms with Gasteiger partial charge in [0.25, 0.3) is 0 Å². The number of amides is 1. The van der Waals surface area contributed by atoms with Crippen LogP contribution in [0.15, 0.2) is 42.5 Å². The normalized spacial score (nSPS) is 15.3. The van der Waals surface area contributed by atoms with E-state index in [0.29, 0.717) is 11.4 Å². The summed E-state index contributed by atoms with van der Waals surface area (Å²) in [4.78, 5) is 13.4. The minimum absolute atomic E-state index is 0.117. The van der Waals surface area contributed by atoms with Crippen molar-refractivity contribution in [2.45, 2.75) is 11.8 Å². The van der Waals surface area contributed by atoms with Crippen molar-refractivity contribution < 1.29 is 4.79 Å². The predicted octanol–water partition coefficient (Wildman–Crippen LogP) is 4.19. The summed E-state index contributed by atoms with van der Waals surface area (Å²) in [5.41, 5.74) is 3.93. The highest BCUT2D eigenvalue weighted by Gasteiger charge is 2.25. The number of carbonyl (C=O) groups is 1. The van der Waals surface area contributed by atoms with Crippen LogP contribution < -0.4 is 4.90 Å². The zero-order valence-corrected chi connectivity index (χ0v) is 12.4. The number of halogens is 2. The molecule has 2 aromatic rings. The van der Waals surface area contributed by atoms with Gasteiger partial charge in [-0.15, -0.1) is 11.6 Å². The molecule has 1 heterocycles. The molecule has 0 aromatic heterocycles. The summed E-state index contributed by atoms with van der Waals surface area (Å²) in [7, 11) is 1.79. The third kappa shape index (κ3) is 2.30. The van der Waals surface area contributed by atoms with Gasteiger partial charge in [0.15, 0.2) is 0 Å². The topological polar surface area (TPSA) is 20.3 Å². The zero-order chi connectivity index (χ0) is 14.3. The highest BCUT2D eigenvalue weighted by molar-refractivity contribution is 6.30. The zero-order valence-electron chi connectivity index (χ0n) is 10.9. The second-order valence-corrected chi connectivity index (χ2v) is 5.81. The Bertz CT molecular complexity index is 684. The van der Waals surface area contributed by atoms with Gasteiger partial charge in [-0.2, -0.15) is 0 Å². The van der Waals surface area contributed by atoms with E-state index in [4.69, 9.17) is 23.2 Å². The van der Waals surface area contributed by atoms with Crippen molar-refractivity contribution in [3.05, 3.63) is 64.2 Å². The molecule has 3 rings (SSSR count). The van der Waals surface area contributed by atoms with Crippen LogP contribution in [0.2, 0.25) is 5.02 Å². The highest BCUT2D eigenvalue weighted by Crippen LogP contribution is 2.35. The summed E-state index contributed by atoms with van der Waals surface area (Å²) in [6.07, 6.45) is 0.443. The third-order valence-electron chi connectivity index (χ3n) is 3.61. The molecule has 1 amide bonds. The smallest absolute Gasteiger partial charge is 0.231 e. The fraction of sp³-hybridized carbons (Fsp3) is 0.188. The quantitative estimate of drug-likeness (QED) is 0.762. The maximum absolute atomic E-state index is 11.7. The number of benzene rings is 2. The number of anilines is 1.